The van der Waals surface area contributed by atoms with E-state index >= 15 is 0 Å². The van der Waals surface area contributed by atoms with E-state index in [1.807, 2.05) is 0 Å². The highest BCUT2D eigenvalue weighted by Crippen LogP contribution is 2.45. The normalized spacial score (nSPS) is 14.6. The van der Waals surface area contributed by atoms with Gasteiger partial charge in [-0.3, -0.25) is 37.3 Å². The molecule has 0 aromatic rings. The Morgan fingerprint density at radius 3 is 0.884 bits per heavy atom. The molecule has 17 nitrogen and oxygen atoms in total. The highest BCUT2D eigenvalue weighted by atomic mass is 31.2. The predicted molar refractivity (Wildman–Crippen MR) is 344 cm³/mol. The van der Waals surface area contributed by atoms with Crippen molar-refractivity contribution in [3.8, 4) is 0 Å². The summed E-state index contributed by atoms with van der Waals surface area (Å²) < 4.78 is 68.1. The number of hydrogen-bond acceptors (Lipinski definition) is 15. The molecule has 0 aromatic heterocycles. The van der Waals surface area contributed by atoms with Crippen LogP contribution in [0.5, 0.6) is 0 Å². The van der Waals surface area contributed by atoms with E-state index in [4.69, 9.17) is 37.0 Å². The maximum absolute atomic E-state index is 13.0. The number of phosphoric ester groups is 2. The van der Waals surface area contributed by atoms with Crippen molar-refractivity contribution >= 4 is 39.5 Å². The SMILES string of the molecule is CCCCCCCCCC(=O)OC[C@H](COP(=O)(O)OC[C@H](O)COP(=O)(O)OC[C@@H](COC(=O)CCCCCCCCCCCC(C)C)OC(=O)CCCCCCCCCCCCCCC(C)C)OC(=O)CCCCCCCCCCC(C)CC. The van der Waals surface area contributed by atoms with Gasteiger partial charge in [-0.1, -0.05) is 280 Å². The van der Waals surface area contributed by atoms with Gasteiger partial charge in [-0.2, -0.15) is 0 Å². The van der Waals surface area contributed by atoms with Gasteiger partial charge in [0.1, 0.15) is 19.3 Å². The van der Waals surface area contributed by atoms with Gasteiger partial charge in [0.2, 0.25) is 0 Å². The van der Waals surface area contributed by atoms with E-state index in [0.29, 0.717) is 25.7 Å². The van der Waals surface area contributed by atoms with Gasteiger partial charge in [-0.25, -0.2) is 9.13 Å². The molecule has 86 heavy (non-hydrogen) atoms. The van der Waals surface area contributed by atoms with Gasteiger partial charge in [0, 0.05) is 25.7 Å². The molecule has 510 valence electrons. The Labute approximate surface area is 524 Å². The van der Waals surface area contributed by atoms with Crippen LogP contribution < -0.4 is 0 Å². The van der Waals surface area contributed by atoms with E-state index in [2.05, 4.69) is 48.5 Å². The van der Waals surface area contributed by atoms with Crippen molar-refractivity contribution in [2.45, 2.75) is 349 Å². The van der Waals surface area contributed by atoms with E-state index in [1.54, 1.807) is 0 Å². The number of rotatable bonds is 65. The Balaban J connectivity index is 5.23. The molecule has 6 atom stereocenters. The lowest BCUT2D eigenvalue weighted by molar-refractivity contribution is -0.161. The third-order valence-electron chi connectivity index (χ3n) is 15.7. The monoisotopic (exact) mass is 1270 g/mol. The molecular weight excluding hydrogens is 1140 g/mol. The predicted octanol–water partition coefficient (Wildman–Crippen LogP) is 18.7. The first-order valence-corrected chi connectivity index (χ1v) is 37.9. The molecular formula is C67H130O17P2. The van der Waals surface area contributed by atoms with Crippen LogP contribution in [0.25, 0.3) is 0 Å². The zero-order valence-electron chi connectivity index (χ0n) is 55.8. The van der Waals surface area contributed by atoms with Gasteiger partial charge in [-0.15, -0.1) is 0 Å². The lowest BCUT2D eigenvalue weighted by Gasteiger charge is -2.21. The number of phosphoric acid groups is 2. The zero-order chi connectivity index (χ0) is 63.8. The standard InChI is InChI=1S/C67H130O17P2/c1-8-10-11-12-24-34-41-48-64(69)77-54-62(84-67(72)51-44-37-30-23-22-27-33-40-47-60(7)9-2)56-81-85(73,74)79-52-61(68)53-80-86(75,76)82-57-63(55-78-65(70)49-42-35-28-21-17-19-26-32-39-46-59(5)6)83-66(71)50-43-36-29-20-16-14-13-15-18-25-31-38-45-58(3)4/h58-63,68H,8-57H2,1-7H3,(H,73,74)(H,75,76)/t60?,61-,62+,63+/m0/s1. The van der Waals surface area contributed by atoms with Crippen molar-refractivity contribution < 1.29 is 80.2 Å². The average molecular weight is 1270 g/mol. The average Bonchev–Trinajstić information content (AvgIpc) is 3.54. The smallest absolute Gasteiger partial charge is 0.462 e. The first-order valence-electron chi connectivity index (χ1n) is 34.9. The van der Waals surface area contributed by atoms with Crippen LogP contribution in [-0.2, 0) is 65.4 Å². The highest BCUT2D eigenvalue weighted by molar-refractivity contribution is 7.47. The molecule has 0 saturated carbocycles. The fraction of sp³-hybridized carbons (Fsp3) is 0.940. The summed E-state index contributed by atoms with van der Waals surface area (Å²) in [5, 5.41) is 10.6. The van der Waals surface area contributed by atoms with Gasteiger partial charge >= 0.3 is 39.5 Å². The molecule has 3 unspecified atom stereocenters. The van der Waals surface area contributed by atoms with Crippen LogP contribution in [0.1, 0.15) is 331 Å². The number of aliphatic hydroxyl groups is 1. The van der Waals surface area contributed by atoms with E-state index in [9.17, 15) is 43.2 Å². The Kier molecular flexibility index (Phi) is 56.9. The second-order valence-corrected chi connectivity index (χ2v) is 28.3. The van der Waals surface area contributed by atoms with Crippen LogP contribution in [0.2, 0.25) is 0 Å². The Hall–Kier alpha value is -1.94. The molecule has 0 rings (SSSR count). The minimum absolute atomic E-state index is 0.104. The minimum atomic E-state index is -4.95. The number of carbonyl (C=O) groups is 4. The van der Waals surface area contributed by atoms with Crippen LogP contribution in [0.3, 0.4) is 0 Å². The van der Waals surface area contributed by atoms with Gasteiger partial charge in [0.05, 0.1) is 26.4 Å². The molecule has 0 aliphatic heterocycles. The summed E-state index contributed by atoms with van der Waals surface area (Å²) in [6.45, 7) is 11.8. The fourth-order valence-corrected chi connectivity index (χ4v) is 11.6. The summed E-state index contributed by atoms with van der Waals surface area (Å²) in [6, 6.07) is 0. The van der Waals surface area contributed by atoms with Crippen LogP contribution in [0.15, 0.2) is 0 Å². The Morgan fingerprint density at radius 2 is 0.593 bits per heavy atom. The number of ether oxygens (including phenoxy) is 4. The molecule has 0 heterocycles. The van der Waals surface area contributed by atoms with Crippen molar-refractivity contribution in [3.63, 3.8) is 0 Å². The van der Waals surface area contributed by atoms with Crippen molar-refractivity contribution in [3.05, 3.63) is 0 Å². The maximum atomic E-state index is 13.0. The minimum Gasteiger partial charge on any atom is -0.462 e. The van der Waals surface area contributed by atoms with E-state index < -0.39 is 97.5 Å². The van der Waals surface area contributed by atoms with E-state index in [1.165, 1.54) is 128 Å². The molecule has 0 spiro atoms. The van der Waals surface area contributed by atoms with Crippen LogP contribution in [0.4, 0.5) is 0 Å². The first-order chi connectivity index (χ1) is 41.3. The second kappa shape index (κ2) is 58.2. The van der Waals surface area contributed by atoms with Gasteiger partial charge < -0.3 is 33.8 Å². The van der Waals surface area contributed by atoms with Crippen molar-refractivity contribution in [2.24, 2.45) is 17.8 Å². The molecule has 3 N–H and O–H groups in total. The quantitative estimate of drug-likeness (QED) is 0.0222. The molecule has 0 fully saturated rings. The van der Waals surface area contributed by atoms with Crippen LogP contribution in [0, 0.1) is 17.8 Å². The maximum Gasteiger partial charge on any atom is 0.472 e. The molecule has 0 radical (unpaired) electrons. The third kappa shape index (κ3) is 59.7. The van der Waals surface area contributed by atoms with Crippen LogP contribution >= 0.6 is 15.6 Å². The van der Waals surface area contributed by atoms with Gasteiger partial charge in [0.25, 0.3) is 0 Å². The summed E-state index contributed by atoms with van der Waals surface area (Å²) in [6.07, 6.45) is 40.3. The number of hydrogen-bond donors (Lipinski definition) is 3. The molecule has 0 aliphatic carbocycles. The first kappa shape index (κ1) is 84.1. The fourth-order valence-electron chi connectivity index (χ4n) is 9.98. The third-order valence-corrected chi connectivity index (χ3v) is 17.6. The van der Waals surface area contributed by atoms with Crippen molar-refractivity contribution in [1.29, 1.82) is 0 Å². The zero-order valence-corrected chi connectivity index (χ0v) is 57.6. The molecule has 0 saturated heterocycles. The summed E-state index contributed by atoms with van der Waals surface area (Å²) >= 11 is 0. The number of esters is 4. The lowest BCUT2D eigenvalue weighted by atomic mass is 9.99. The summed E-state index contributed by atoms with van der Waals surface area (Å²) in [4.78, 5) is 72.3. The number of aliphatic hydroxyl groups excluding tert-OH is 1. The molecule has 0 amide bonds. The highest BCUT2D eigenvalue weighted by Gasteiger charge is 2.30. The van der Waals surface area contributed by atoms with Gasteiger partial charge in [0.15, 0.2) is 12.2 Å². The van der Waals surface area contributed by atoms with Crippen molar-refractivity contribution in [1.82, 2.24) is 0 Å². The molecule has 0 aliphatic rings. The van der Waals surface area contributed by atoms with Crippen LogP contribution in [-0.4, -0.2) is 96.7 Å². The number of unbranched alkanes of at least 4 members (excludes halogenated alkanes) is 32. The van der Waals surface area contributed by atoms with E-state index in [0.717, 1.165) is 120 Å². The van der Waals surface area contributed by atoms with Crippen molar-refractivity contribution in [2.75, 3.05) is 39.6 Å². The Bertz CT molecular complexity index is 1700. The lowest BCUT2D eigenvalue weighted by Crippen LogP contribution is -2.30. The second-order valence-electron chi connectivity index (χ2n) is 25.4. The van der Waals surface area contributed by atoms with Gasteiger partial charge in [-0.05, 0) is 43.4 Å². The summed E-state index contributed by atoms with van der Waals surface area (Å²) in [5.74, 6) is 0.154. The summed E-state index contributed by atoms with van der Waals surface area (Å²) in [5.41, 5.74) is 0. The summed E-state index contributed by atoms with van der Waals surface area (Å²) in [7, 11) is -9.89. The largest absolute Gasteiger partial charge is 0.472 e. The number of carbonyl (C=O) groups excluding carboxylic acids is 4. The molecule has 0 aromatic carbocycles. The van der Waals surface area contributed by atoms with E-state index in [-0.39, 0.29) is 25.7 Å². The topological polar surface area (TPSA) is 237 Å². The molecule has 0 bridgehead atoms. The molecule has 19 heteroatoms. The Morgan fingerprint density at radius 1 is 0.337 bits per heavy atom.